The summed E-state index contributed by atoms with van der Waals surface area (Å²) in [6, 6.07) is 5.85. The average molecular weight is 570 g/mol. The number of unbranched alkanes of at least 4 members (excludes halogenated alkanes) is 1. The Morgan fingerprint density at radius 2 is 1.68 bits per heavy atom. The van der Waals surface area contributed by atoms with E-state index in [-0.39, 0.29) is 41.7 Å². The monoisotopic (exact) mass is 569 g/mol. The summed E-state index contributed by atoms with van der Waals surface area (Å²) in [6.45, 7) is 7.54. The minimum Gasteiger partial charge on any atom is -0.343 e. The molecule has 10 nitrogen and oxygen atoms in total. The van der Waals surface area contributed by atoms with E-state index in [1.165, 1.54) is 11.8 Å². The Kier molecular flexibility index (Phi) is 11.1. The van der Waals surface area contributed by atoms with Gasteiger partial charge in [-0.05, 0) is 43.7 Å². The predicted molar refractivity (Wildman–Crippen MR) is 155 cm³/mol. The molecule has 2 N–H and O–H groups in total. The lowest BCUT2D eigenvalue weighted by Gasteiger charge is -2.23. The maximum Gasteiger partial charge on any atom is 0.261 e. The van der Waals surface area contributed by atoms with Crippen molar-refractivity contribution in [1.29, 1.82) is 0 Å². The lowest BCUT2D eigenvalue weighted by molar-refractivity contribution is -0.126. The van der Waals surface area contributed by atoms with Gasteiger partial charge < -0.3 is 15.2 Å². The Balaban J connectivity index is 1.64. The number of carbonyl (C=O) groups excluding carboxylic acids is 5. The number of fused-ring (bicyclic) bond motifs is 1. The van der Waals surface area contributed by atoms with E-state index in [2.05, 4.69) is 22.5 Å². The van der Waals surface area contributed by atoms with Crippen molar-refractivity contribution in [2.45, 2.75) is 77.5 Å². The molecule has 1 aromatic carbocycles. The van der Waals surface area contributed by atoms with E-state index < -0.39 is 17.2 Å². The van der Waals surface area contributed by atoms with Crippen molar-refractivity contribution in [3.8, 4) is 0 Å². The van der Waals surface area contributed by atoms with Gasteiger partial charge in [0.25, 0.3) is 11.8 Å². The number of imide groups is 1. The maximum absolute atomic E-state index is 13.3. The van der Waals surface area contributed by atoms with Gasteiger partial charge in [0.05, 0.1) is 22.6 Å². The van der Waals surface area contributed by atoms with Crippen LogP contribution in [0, 0.1) is 5.92 Å². The number of nitrogens with zero attached hydrogens (tertiary/aromatic N) is 3. The minimum absolute atomic E-state index is 0.121. The van der Waals surface area contributed by atoms with Crippen molar-refractivity contribution in [2.24, 2.45) is 13.0 Å². The second-order valence-electron chi connectivity index (χ2n) is 10.5. The second-order valence-corrected chi connectivity index (χ2v) is 11.8. The van der Waals surface area contributed by atoms with Gasteiger partial charge in [-0.1, -0.05) is 51.1 Å². The van der Waals surface area contributed by atoms with Crippen LogP contribution < -0.4 is 10.6 Å². The van der Waals surface area contributed by atoms with Crippen molar-refractivity contribution in [2.75, 3.05) is 11.9 Å². The molecular formula is C29H39N5O5S. The third kappa shape index (κ3) is 7.80. The van der Waals surface area contributed by atoms with E-state index in [9.17, 15) is 24.0 Å². The molecular weight excluding hydrogens is 530 g/mol. The third-order valence-corrected chi connectivity index (χ3v) is 7.82. The van der Waals surface area contributed by atoms with Gasteiger partial charge in [-0.25, -0.2) is 4.98 Å². The highest BCUT2D eigenvalue weighted by Crippen LogP contribution is 2.24. The normalized spacial score (nSPS) is 14.3. The molecule has 0 saturated heterocycles. The quantitative estimate of drug-likeness (QED) is 0.329. The molecule has 2 heterocycles. The summed E-state index contributed by atoms with van der Waals surface area (Å²) in [4.78, 5) is 69.4. The fourth-order valence-electron chi connectivity index (χ4n) is 4.63. The van der Waals surface area contributed by atoms with E-state index in [0.717, 1.165) is 36.8 Å². The molecule has 1 aliphatic heterocycles. The fraction of sp³-hybridized carbons (Fsp3) is 0.517. The van der Waals surface area contributed by atoms with E-state index in [0.29, 0.717) is 29.8 Å². The van der Waals surface area contributed by atoms with Crippen LogP contribution >= 0.6 is 11.8 Å². The van der Waals surface area contributed by atoms with Crippen LogP contribution in [0.5, 0.6) is 0 Å². The smallest absolute Gasteiger partial charge is 0.261 e. The number of nitrogens with one attached hydrogen (secondary N) is 2. The third-order valence-electron chi connectivity index (χ3n) is 6.76. The Labute approximate surface area is 239 Å². The molecule has 216 valence electrons. The van der Waals surface area contributed by atoms with Crippen molar-refractivity contribution >= 4 is 46.3 Å². The first-order chi connectivity index (χ1) is 19.0. The van der Waals surface area contributed by atoms with Crippen molar-refractivity contribution in [3.63, 3.8) is 0 Å². The number of hydrogen-bond donors (Lipinski definition) is 2. The number of aromatic nitrogens is 2. The molecule has 0 fully saturated rings. The van der Waals surface area contributed by atoms with Crippen LogP contribution in [0.3, 0.4) is 0 Å². The number of carbonyl (C=O) groups is 5. The lowest BCUT2D eigenvalue weighted by Crippen LogP contribution is -2.48. The molecule has 1 unspecified atom stereocenters. The van der Waals surface area contributed by atoms with Gasteiger partial charge in [-0.3, -0.25) is 28.9 Å². The van der Waals surface area contributed by atoms with Crippen molar-refractivity contribution in [3.05, 3.63) is 47.4 Å². The van der Waals surface area contributed by atoms with Crippen LogP contribution in [0.4, 0.5) is 5.82 Å². The van der Waals surface area contributed by atoms with Crippen molar-refractivity contribution in [1.82, 2.24) is 19.8 Å². The first-order valence-electron chi connectivity index (χ1n) is 13.8. The first kappa shape index (κ1) is 31.1. The number of imidazole rings is 1. The van der Waals surface area contributed by atoms with Crippen LogP contribution in [0.1, 0.15) is 86.3 Å². The molecule has 4 amide bonds. The molecule has 0 bridgehead atoms. The summed E-state index contributed by atoms with van der Waals surface area (Å²) < 4.78 is 1.84. The SMILES string of the molecule is CCCCc1ncc(NC(=O)[C@H](CC(C)C)NC(=O)C(CCCN2C(=O)c3ccccc3C2=O)SC(C)=O)n1C. The summed E-state index contributed by atoms with van der Waals surface area (Å²) in [7, 11) is 1.84. The Morgan fingerprint density at radius 3 is 2.25 bits per heavy atom. The molecule has 1 aliphatic rings. The van der Waals surface area contributed by atoms with Gasteiger partial charge >= 0.3 is 0 Å². The largest absolute Gasteiger partial charge is 0.343 e. The summed E-state index contributed by atoms with van der Waals surface area (Å²) in [6.07, 6.45) is 5.44. The number of benzene rings is 1. The zero-order valence-electron chi connectivity index (χ0n) is 23.9. The van der Waals surface area contributed by atoms with Gasteiger partial charge in [-0.15, -0.1) is 0 Å². The number of aryl methyl sites for hydroxylation is 1. The highest BCUT2D eigenvalue weighted by atomic mass is 32.2. The number of hydrogen-bond acceptors (Lipinski definition) is 7. The van der Waals surface area contributed by atoms with Gasteiger partial charge in [0, 0.05) is 26.9 Å². The Bertz CT molecular complexity index is 1220. The van der Waals surface area contributed by atoms with Crippen LogP contribution in [0.25, 0.3) is 0 Å². The van der Waals surface area contributed by atoms with E-state index >= 15 is 0 Å². The summed E-state index contributed by atoms with van der Waals surface area (Å²) in [5.74, 6) is 0.0365. The predicted octanol–water partition coefficient (Wildman–Crippen LogP) is 3.96. The molecule has 1 aromatic heterocycles. The highest BCUT2D eigenvalue weighted by Gasteiger charge is 2.35. The highest BCUT2D eigenvalue weighted by molar-refractivity contribution is 8.14. The van der Waals surface area contributed by atoms with Gasteiger partial charge in [0.1, 0.15) is 17.7 Å². The maximum atomic E-state index is 13.3. The molecule has 0 spiro atoms. The fourth-order valence-corrected chi connectivity index (χ4v) is 5.49. The molecule has 2 aromatic rings. The average Bonchev–Trinajstić information content (AvgIpc) is 3.37. The molecule has 3 rings (SSSR count). The molecule has 40 heavy (non-hydrogen) atoms. The van der Waals surface area contributed by atoms with E-state index in [4.69, 9.17) is 0 Å². The van der Waals surface area contributed by atoms with Crippen LogP contribution in [0.15, 0.2) is 30.5 Å². The summed E-state index contributed by atoms with van der Waals surface area (Å²) in [5, 5.41) is 4.72. The number of amides is 4. The Hall–Kier alpha value is -3.47. The van der Waals surface area contributed by atoms with E-state index in [1.54, 1.807) is 30.5 Å². The zero-order chi connectivity index (χ0) is 29.4. The zero-order valence-corrected chi connectivity index (χ0v) is 24.7. The standard InChI is InChI=1S/C29H39N5O5S/c1-6-7-14-24-30-17-25(33(24)5)32-26(36)22(16-18(2)3)31-27(37)23(40-19(4)35)13-10-15-34-28(38)20-11-8-9-12-21(20)29(34)39/h8-9,11-12,17-18,22-23H,6-7,10,13-16H2,1-5H3,(H,31,37)(H,32,36)/t22-,23?/m0/s1. The number of anilines is 1. The molecule has 11 heteroatoms. The summed E-state index contributed by atoms with van der Waals surface area (Å²) >= 11 is 0.884. The summed E-state index contributed by atoms with van der Waals surface area (Å²) in [5.41, 5.74) is 0.738. The van der Waals surface area contributed by atoms with Gasteiger partial charge in [-0.2, -0.15) is 0 Å². The molecule has 0 saturated carbocycles. The number of thioether (sulfide) groups is 1. The Morgan fingerprint density at radius 1 is 1.02 bits per heavy atom. The molecule has 2 atom stereocenters. The van der Waals surface area contributed by atoms with Crippen LogP contribution in [-0.2, 0) is 27.9 Å². The minimum atomic E-state index is -0.812. The lowest BCUT2D eigenvalue weighted by atomic mass is 10.0. The van der Waals surface area contributed by atoms with Crippen molar-refractivity contribution < 1.29 is 24.0 Å². The number of rotatable bonds is 14. The molecule has 0 radical (unpaired) electrons. The van der Waals surface area contributed by atoms with Gasteiger partial charge in [0.2, 0.25) is 11.8 Å². The van der Waals surface area contributed by atoms with Gasteiger partial charge in [0.15, 0.2) is 5.12 Å². The first-order valence-corrected chi connectivity index (χ1v) is 14.7. The topological polar surface area (TPSA) is 130 Å². The van der Waals surface area contributed by atoms with E-state index in [1.807, 2.05) is 25.5 Å². The second kappa shape index (κ2) is 14.2. The molecule has 0 aliphatic carbocycles. The van der Waals surface area contributed by atoms with Crippen LogP contribution in [-0.4, -0.2) is 61.0 Å². The van der Waals surface area contributed by atoms with Crippen LogP contribution in [0.2, 0.25) is 0 Å².